The highest BCUT2D eigenvalue weighted by Gasteiger charge is 2.20. The maximum absolute atomic E-state index is 12.6. The smallest absolute Gasteiger partial charge is 0.262 e. The Morgan fingerprint density at radius 1 is 1.42 bits per heavy atom. The van der Waals surface area contributed by atoms with Crippen LogP contribution in [0.4, 0.5) is 0 Å². The minimum absolute atomic E-state index is 0.00551. The largest absolute Gasteiger partial charge is 0.394 e. The number of nitrogens with zero attached hydrogens (tertiary/aromatic N) is 2. The summed E-state index contributed by atoms with van der Waals surface area (Å²) < 4.78 is 1.56. The Morgan fingerprint density at radius 3 is 3.00 bits per heavy atom. The average molecular weight is 278 g/mol. The van der Waals surface area contributed by atoms with Crippen LogP contribution in [-0.4, -0.2) is 21.3 Å². The number of aliphatic hydroxyl groups excluding tert-OH is 1. The molecule has 2 aromatic heterocycles. The van der Waals surface area contributed by atoms with E-state index in [0.29, 0.717) is 0 Å². The van der Waals surface area contributed by atoms with Crippen LogP contribution in [0.5, 0.6) is 0 Å². The second kappa shape index (κ2) is 5.06. The van der Waals surface area contributed by atoms with E-state index >= 15 is 0 Å². The molecule has 2 heterocycles. The van der Waals surface area contributed by atoms with E-state index in [1.54, 1.807) is 22.2 Å². The number of thiophene rings is 1. The molecule has 1 aliphatic carbocycles. The molecule has 0 aromatic carbocycles. The molecule has 0 bridgehead atoms. The molecule has 0 fully saturated rings. The van der Waals surface area contributed by atoms with Gasteiger partial charge in [-0.3, -0.25) is 9.36 Å². The molecule has 1 unspecified atom stereocenters. The highest BCUT2D eigenvalue weighted by molar-refractivity contribution is 7.18. The van der Waals surface area contributed by atoms with E-state index in [-0.39, 0.29) is 18.2 Å². The SMILES string of the molecule is CC(CO)n1cnc2sc3c(c2c1=O)CCCCC3. The zero-order valence-corrected chi connectivity index (χ0v) is 11.9. The minimum atomic E-state index is -0.217. The molecule has 1 atom stereocenters. The Labute approximate surface area is 115 Å². The zero-order valence-electron chi connectivity index (χ0n) is 11.1. The highest BCUT2D eigenvalue weighted by atomic mass is 32.1. The van der Waals surface area contributed by atoms with Crippen molar-refractivity contribution in [2.45, 2.75) is 45.1 Å². The number of aromatic nitrogens is 2. The maximum atomic E-state index is 12.6. The molecule has 0 saturated carbocycles. The van der Waals surface area contributed by atoms with Gasteiger partial charge >= 0.3 is 0 Å². The molecular formula is C14H18N2O2S. The van der Waals surface area contributed by atoms with Crippen molar-refractivity contribution in [1.82, 2.24) is 9.55 Å². The van der Waals surface area contributed by atoms with Crippen molar-refractivity contribution in [3.8, 4) is 0 Å². The highest BCUT2D eigenvalue weighted by Crippen LogP contribution is 2.32. The molecule has 0 radical (unpaired) electrons. The van der Waals surface area contributed by atoms with Gasteiger partial charge in [-0.05, 0) is 38.2 Å². The third-order valence-corrected chi connectivity index (χ3v) is 5.09. The lowest BCUT2D eigenvalue weighted by Crippen LogP contribution is -2.25. The van der Waals surface area contributed by atoms with Crippen LogP contribution in [0.1, 0.15) is 42.7 Å². The molecule has 19 heavy (non-hydrogen) atoms. The van der Waals surface area contributed by atoms with E-state index in [1.807, 2.05) is 6.92 Å². The minimum Gasteiger partial charge on any atom is -0.394 e. The number of aliphatic hydroxyl groups is 1. The Hall–Kier alpha value is -1.20. The van der Waals surface area contributed by atoms with E-state index in [0.717, 1.165) is 29.5 Å². The average Bonchev–Trinajstić information content (AvgIpc) is 2.61. The quantitative estimate of drug-likeness (QED) is 0.857. The number of hydrogen-bond donors (Lipinski definition) is 1. The van der Waals surface area contributed by atoms with Crippen molar-refractivity contribution in [2.24, 2.45) is 0 Å². The topological polar surface area (TPSA) is 55.1 Å². The fourth-order valence-corrected chi connectivity index (χ4v) is 3.96. The fourth-order valence-electron chi connectivity index (χ4n) is 2.74. The summed E-state index contributed by atoms with van der Waals surface area (Å²) in [7, 11) is 0. The molecular weight excluding hydrogens is 260 g/mol. The van der Waals surface area contributed by atoms with Crippen molar-refractivity contribution in [3.05, 3.63) is 27.1 Å². The van der Waals surface area contributed by atoms with Gasteiger partial charge in [-0.2, -0.15) is 0 Å². The summed E-state index contributed by atoms with van der Waals surface area (Å²) in [6.07, 6.45) is 7.24. The summed E-state index contributed by atoms with van der Waals surface area (Å²) >= 11 is 1.67. The number of fused-ring (bicyclic) bond motifs is 3. The summed E-state index contributed by atoms with van der Waals surface area (Å²) in [6, 6.07) is -0.217. The summed E-state index contributed by atoms with van der Waals surface area (Å²) in [5.41, 5.74) is 1.22. The summed E-state index contributed by atoms with van der Waals surface area (Å²) in [6.45, 7) is 1.79. The Kier molecular flexibility index (Phi) is 3.41. The molecule has 0 saturated heterocycles. The van der Waals surface area contributed by atoms with Gasteiger partial charge in [0.1, 0.15) is 4.83 Å². The molecule has 0 amide bonds. The maximum Gasteiger partial charge on any atom is 0.262 e. The first-order valence-electron chi connectivity index (χ1n) is 6.84. The molecule has 3 rings (SSSR count). The second-order valence-corrected chi connectivity index (χ2v) is 6.32. The van der Waals surface area contributed by atoms with Crippen LogP contribution >= 0.6 is 11.3 Å². The molecule has 0 aliphatic heterocycles. The Bertz CT molecular complexity index is 659. The van der Waals surface area contributed by atoms with Crippen LogP contribution in [0.2, 0.25) is 0 Å². The molecule has 0 spiro atoms. The second-order valence-electron chi connectivity index (χ2n) is 5.23. The van der Waals surface area contributed by atoms with E-state index in [2.05, 4.69) is 4.98 Å². The zero-order chi connectivity index (χ0) is 13.4. The van der Waals surface area contributed by atoms with Gasteiger partial charge in [0.2, 0.25) is 0 Å². The van der Waals surface area contributed by atoms with Gasteiger partial charge in [0.25, 0.3) is 5.56 Å². The summed E-state index contributed by atoms with van der Waals surface area (Å²) in [5.74, 6) is 0. The van der Waals surface area contributed by atoms with Crippen molar-refractivity contribution in [3.63, 3.8) is 0 Å². The van der Waals surface area contributed by atoms with Crippen molar-refractivity contribution in [1.29, 1.82) is 0 Å². The van der Waals surface area contributed by atoms with E-state index in [9.17, 15) is 9.90 Å². The van der Waals surface area contributed by atoms with Crippen molar-refractivity contribution < 1.29 is 5.11 Å². The summed E-state index contributed by atoms with van der Waals surface area (Å²) in [5, 5.41) is 10.0. The van der Waals surface area contributed by atoms with Gasteiger partial charge in [-0.1, -0.05) is 6.42 Å². The first-order valence-corrected chi connectivity index (χ1v) is 7.66. The predicted octanol–water partition coefficient (Wildman–Crippen LogP) is 2.28. The predicted molar refractivity (Wildman–Crippen MR) is 76.9 cm³/mol. The third kappa shape index (κ3) is 2.11. The lowest BCUT2D eigenvalue weighted by molar-refractivity contribution is 0.236. The molecule has 4 nitrogen and oxygen atoms in total. The molecule has 1 N–H and O–H groups in total. The first-order chi connectivity index (χ1) is 9.22. The third-order valence-electron chi connectivity index (χ3n) is 3.89. The van der Waals surface area contributed by atoms with E-state index in [4.69, 9.17) is 0 Å². The number of hydrogen-bond acceptors (Lipinski definition) is 4. The van der Waals surface area contributed by atoms with Crippen LogP contribution in [0.15, 0.2) is 11.1 Å². The van der Waals surface area contributed by atoms with Gasteiger partial charge in [-0.15, -0.1) is 11.3 Å². The Morgan fingerprint density at radius 2 is 2.21 bits per heavy atom. The lowest BCUT2D eigenvalue weighted by Gasteiger charge is -2.11. The Balaban J connectivity index is 2.24. The molecule has 102 valence electrons. The van der Waals surface area contributed by atoms with Gasteiger partial charge in [0, 0.05) is 4.88 Å². The van der Waals surface area contributed by atoms with Crippen LogP contribution in [-0.2, 0) is 12.8 Å². The normalized spacial score (nSPS) is 17.2. The standard InChI is InChI=1S/C14H18N2O2S/c1-9(7-17)16-8-15-13-12(14(16)18)10-5-3-2-4-6-11(10)19-13/h8-9,17H,2-7H2,1H3. The summed E-state index contributed by atoms with van der Waals surface area (Å²) in [4.78, 5) is 19.2. The molecule has 5 heteroatoms. The fraction of sp³-hybridized carbons (Fsp3) is 0.571. The lowest BCUT2D eigenvalue weighted by atomic mass is 10.1. The van der Waals surface area contributed by atoms with Crippen molar-refractivity contribution in [2.75, 3.05) is 6.61 Å². The van der Waals surface area contributed by atoms with Crippen LogP contribution in [0.25, 0.3) is 10.2 Å². The monoisotopic (exact) mass is 278 g/mol. The van der Waals surface area contributed by atoms with E-state index < -0.39 is 0 Å². The first kappa shape index (κ1) is 12.8. The van der Waals surface area contributed by atoms with Gasteiger partial charge in [0.15, 0.2) is 0 Å². The molecule has 1 aliphatic rings. The molecule has 2 aromatic rings. The van der Waals surface area contributed by atoms with Crippen LogP contribution in [0, 0.1) is 0 Å². The van der Waals surface area contributed by atoms with E-state index in [1.165, 1.54) is 23.3 Å². The number of rotatable bonds is 2. The van der Waals surface area contributed by atoms with Crippen LogP contribution < -0.4 is 5.56 Å². The van der Waals surface area contributed by atoms with Gasteiger partial charge in [-0.25, -0.2) is 4.98 Å². The van der Waals surface area contributed by atoms with Gasteiger partial charge in [0.05, 0.1) is 24.4 Å². The van der Waals surface area contributed by atoms with Crippen LogP contribution in [0.3, 0.4) is 0 Å². The number of aryl methyl sites for hydroxylation is 2. The van der Waals surface area contributed by atoms with Gasteiger partial charge < -0.3 is 5.11 Å². The van der Waals surface area contributed by atoms with Crippen molar-refractivity contribution >= 4 is 21.6 Å².